The monoisotopic (exact) mass is 265 g/mol. The summed E-state index contributed by atoms with van der Waals surface area (Å²) in [6.45, 7) is 7.12. The van der Waals surface area contributed by atoms with Crippen LogP contribution in [0.25, 0.3) is 0 Å². The second kappa shape index (κ2) is 8.88. The van der Waals surface area contributed by atoms with Crippen molar-refractivity contribution in [2.75, 3.05) is 33.8 Å². The summed E-state index contributed by atoms with van der Waals surface area (Å²) in [4.78, 5) is 6.41. The van der Waals surface area contributed by atoms with Gasteiger partial charge in [0.25, 0.3) is 0 Å². The van der Waals surface area contributed by atoms with Gasteiger partial charge < -0.3 is 15.0 Å². The lowest BCUT2D eigenvalue weighted by atomic mass is 10.1. The van der Waals surface area contributed by atoms with Crippen molar-refractivity contribution in [1.82, 2.24) is 15.2 Å². The topological polar surface area (TPSA) is 37.4 Å². The molecule has 1 rings (SSSR count). The third kappa shape index (κ3) is 6.55. The van der Waals surface area contributed by atoms with E-state index < -0.39 is 0 Å². The van der Waals surface area contributed by atoms with Gasteiger partial charge in [-0.3, -0.25) is 0 Å². The van der Waals surface area contributed by atoms with Crippen molar-refractivity contribution in [1.29, 1.82) is 0 Å². The Bertz CT molecular complexity index is 355. The van der Waals surface area contributed by atoms with E-state index in [4.69, 9.17) is 4.74 Å². The Balaban J connectivity index is 2.43. The van der Waals surface area contributed by atoms with Crippen LogP contribution in [-0.4, -0.2) is 43.7 Å². The maximum atomic E-state index is 5.69. The highest BCUT2D eigenvalue weighted by molar-refractivity contribution is 5.23. The van der Waals surface area contributed by atoms with Crippen LogP contribution >= 0.6 is 0 Å². The van der Waals surface area contributed by atoms with Crippen LogP contribution in [0.4, 0.5) is 0 Å². The van der Waals surface area contributed by atoms with Crippen molar-refractivity contribution in [2.45, 2.75) is 32.7 Å². The van der Waals surface area contributed by atoms with Gasteiger partial charge in [-0.05, 0) is 52.0 Å². The molecule has 0 aliphatic heterocycles. The highest BCUT2D eigenvalue weighted by Crippen LogP contribution is 2.16. The van der Waals surface area contributed by atoms with Gasteiger partial charge >= 0.3 is 0 Å². The van der Waals surface area contributed by atoms with Gasteiger partial charge in [0.15, 0.2) is 0 Å². The summed E-state index contributed by atoms with van der Waals surface area (Å²) in [5, 5.41) is 3.47. The Morgan fingerprint density at radius 3 is 2.89 bits per heavy atom. The van der Waals surface area contributed by atoms with E-state index in [1.54, 1.807) is 0 Å². The van der Waals surface area contributed by atoms with E-state index >= 15 is 0 Å². The van der Waals surface area contributed by atoms with Crippen molar-refractivity contribution in [3.05, 3.63) is 23.9 Å². The number of aromatic nitrogens is 1. The van der Waals surface area contributed by atoms with Crippen LogP contribution in [0.1, 0.15) is 38.3 Å². The first kappa shape index (κ1) is 15.9. The van der Waals surface area contributed by atoms with Gasteiger partial charge in [0, 0.05) is 24.8 Å². The Kier molecular flexibility index (Phi) is 7.45. The van der Waals surface area contributed by atoms with E-state index in [-0.39, 0.29) is 0 Å². The number of hydrogen-bond donors (Lipinski definition) is 1. The summed E-state index contributed by atoms with van der Waals surface area (Å²) in [6.07, 6.45) is 3.98. The van der Waals surface area contributed by atoms with Gasteiger partial charge in [-0.2, -0.15) is 0 Å². The summed E-state index contributed by atoms with van der Waals surface area (Å²) in [5.41, 5.74) is 1.23. The molecule has 19 heavy (non-hydrogen) atoms. The zero-order valence-electron chi connectivity index (χ0n) is 12.6. The van der Waals surface area contributed by atoms with Crippen molar-refractivity contribution < 1.29 is 4.74 Å². The van der Waals surface area contributed by atoms with Crippen molar-refractivity contribution >= 4 is 0 Å². The van der Waals surface area contributed by atoms with Crippen LogP contribution < -0.4 is 10.1 Å². The van der Waals surface area contributed by atoms with Crippen LogP contribution in [0.2, 0.25) is 0 Å². The Labute approximate surface area is 117 Å². The first-order valence-corrected chi connectivity index (χ1v) is 7.10. The van der Waals surface area contributed by atoms with Gasteiger partial charge in [-0.15, -0.1) is 0 Å². The SMILES string of the molecule is CCCNC(C)c1ccnc(OCCCN(C)C)c1. The fraction of sp³-hybridized carbons (Fsp3) is 0.667. The third-order valence-corrected chi connectivity index (χ3v) is 2.96. The largest absolute Gasteiger partial charge is 0.478 e. The van der Waals surface area contributed by atoms with E-state index in [1.165, 1.54) is 5.56 Å². The predicted octanol–water partition coefficient (Wildman–Crippen LogP) is 2.47. The lowest BCUT2D eigenvalue weighted by molar-refractivity contribution is 0.273. The fourth-order valence-corrected chi connectivity index (χ4v) is 1.81. The van der Waals surface area contributed by atoms with Crippen LogP contribution in [0.5, 0.6) is 5.88 Å². The second-order valence-corrected chi connectivity index (χ2v) is 5.11. The van der Waals surface area contributed by atoms with Gasteiger partial charge in [-0.25, -0.2) is 4.98 Å². The first-order chi connectivity index (χ1) is 9.13. The number of hydrogen-bond acceptors (Lipinski definition) is 4. The zero-order chi connectivity index (χ0) is 14.1. The number of nitrogens with zero attached hydrogens (tertiary/aromatic N) is 2. The molecule has 0 saturated carbocycles. The van der Waals surface area contributed by atoms with Gasteiger partial charge in [0.1, 0.15) is 0 Å². The number of ether oxygens (including phenoxy) is 1. The summed E-state index contributed by atoms with van der Waals surface area (Å²) in [7, 11) is 4.14. The normalized spacial score (nSPS) is 12.7. The minimum absolute atomic E-state index is 0.340. The molecule has 1 heterocycles. The second-order valence-electron chi connectivity index (χ2n) is 5.11. The van der Waals surface area contributed by atoms with Crippen LogP contribution in [0.3, 0.4) is 0 Å². The molecular weight excluding hydrogens is 238 g/mol. The fourth-order valence-electron chi connectivity index (χ4n) is 1.81. The molecule has 0 aromatic carbocycles. The van der Waals surface area contributed by atoms with E-state index in [0.29, 0.717) is 12.6 Å². The molecule has 0 amide bonds. The molecule has 0 radical (unpaired) electrons. The molecule has 4 heteroatoms. The molecule has 4 nitrogen and oxygen atoms in total. The minimum atomic E-state index is 0.340. The zero-order valence-corrected chi connectivity index (χ0v) is 12.6. The standard InChI is InChI=1S/C15H27N3O/c1-5-8-16-13(2)14-7-9-17-15(12-14)19-11-6-10-18(3)4/h7,9,12-13,16H,5-6,8,10-11H2,1-4H3. The summed E-state index contributed by atoms with van der Waals surface area (Å²) < 4.78 is 5.69. The highest BCUT2D eigenvalue weighted by Gasteiger charge is 2.06. The van der Waals surface area contributed by atoms with Gasteiger partial charge in [-0.1, -0.05) is 6.92 Å². The van der Waals surface area contributed by atoms with Crippen molar-refractivity contribution in [2.24, 2.45) is 0 Å². The average molecular weight is 265 g/mol. The third-order valence-electron chi connectivity index (χ3n) is 2.96. The molecule has 1 unspecified atom stereocenters. The quantitative estimate of drug-likeness (QED) is 0.696. The van der Waals surface area contributed by atoms with E-state index in [0.717, 1.165) is 31.8 Å². The van der Waals surface area contributed by atoms with E-state index in [2.05, 4.69) is 43.1 Å². The van der Waals surface area contributed by atoms with Crippen molar-refractivity contribution in [3.63, 3.8) is 0 Å². The molecule has 0 saturated heterocycles. The molecule has 0 spiro atoms. The Morgan fingerprint density at radius 1 is 1.42 bits per heavy atom. The smallest absolute Gasteiger partial charge is 0.213 e. The lowest BCUT2D eigenvalue weighted by Crippen LogP contribution is -2.19. The first-order valence-electron chi connectivity index (χ1n) is 7.10. The number of pyridine rings is 1. The Morgan fingerprint density at radius 2 is 2.21 bits per heavy atom. The van der Waals surface area contributed by atoms with Crippen molar-refractivity contribution in [3.8, 4) is 5.88 Å². The van der Waals surface area contributed by atoms with E-state index in [9.17, 15) is 0 Å². The lowest BCUT2D eigenvalue weighted by Gasteiger charge is -2.15. The van der Waals surface area contributed by atoms with Crippen LogP contribution in [0, 0.1) is 0 Å². The molecular formula is C15H27N3O. The molecule has 1 atom stereocenters. The summed E-state index contributed by atoms with van der Waals surface area (Å²) >= 11 is 0. The molecule has 108 valence electrons. The molecule has 0 bridgehead atoms. The van der Waals surface area contributed by atoms with Gasteiger partial charge in [0.2, 0.25) is 5.88 Å². The maximum Gasteiger partial charge on any atom is 0.213 e. The van der Waals surface area contributed by atoms with Gasteiger partial charge in [0.05, 0.1) is 6.61 Å². The number of nitrogens with one attached hydrogen (secondary N) is 1. The summed E-state index contributed by atoms with van der Waals surface area (Å²) in [6, 6.07) is 4.41. The molecule has 0 aliphatic rings. The molecule has 1 aromatic rings. The maximum absolute atomic E-state index is 5.69. The molecule has 1 aromatic heterocycles. The Hall–Kier alpha value is -1.13. The van der Waals surface area contributed by atoms with Crippen LogP contribution in [-0.2, 0) is 0 Å². The number of rotatable bonds is 9. The average Bonchev–Trinajstić information content (AvgIpc) is 2.41. The predicted molar refractivity (Wildman–Crippen MR) is 79.6 cm³/mol. The molecule has 0 aliphatic carbocycles. The highest BCUT2D eigenvalue weighted by atomic mass is 16.5. The summed E-state index contributed by atoms with van der Waals surface area (Å²) in [5.74, 6) is 0.724. The molecule has 1 N–H and O–H groups in total. The molecule has 0 fully saturated rings. The minimum Gasteiger partial charge on any atom is -0.478 e. The van der Waals surface area contributed by atoms with E-state index in [1.807, 2.05) is 18.3 Å². The van der Waals surface area contributed by atoms with Crippen LogP contribution in [0.15, 0.2) is 18.3 Å².